The highest BCUT2D eigenvalue weighted by molar-refractivity contribution is 5.98. The van der Waals surface area contributed by atoms with Crippen LogP contribution in [0.1, 0.15) is 28.5 Å². The number of benzene rings is 2. The van der Waals surface area contributed by atoms with Crippen LogP contribution in [-0.2, 0) is 17.8 Å². The lowest BCUT2D eigenvalue weighted by Crippen LogP contribution is -2.56. The average Bonchev–Trinajstić information content (AvgIpc) is 3.47. The normalized spacial score (nSPS) is 16.0. The van der Waals surface area contributed by atoms with Gasteiger partial charge < -0.3 is 23.5 Å². The second kappa shape index (κ2) is 9.70. The van der Waals surface area contributed by atoms with Crippen molar-refractivity contribution in [2.24, 2.45) is 0 Å². The van der Waals surface area contributed by atoms with Gasteiger partial charge in [-0.3, -0.25) is 9.59 Å². The molecule has 35 heavy (non-hydrogen) atoms. The van der Waals surface area contributed by atoms with Crippen molar-refractivity contribution in [2.75, 3.05) is 26.7 Å². The molecule has 7 heteroatoms. The van der Waals surface area contributed by atoms with E-state index in [2.05, 4.69) is 0 Å². The van der Waals surface area contributed by atoms with E-state index < -0.39 is 0 Å². The number of rotatable bonds is 6. The van der Waals surface area contributed by atoms with Gasteiger partial charge in [-0.1, -0.05) is 42.5 Å². The van der Waals surface area contributed by atoms with Gasteiger partial charge in [0.25, 0.3) is 5.91 Å². The van der Waals surface area contributed by atoms with Crippen molar-refractivity contribution < 1.29 is 18.7 Å². The zero-order valence-electron chi connectivity index (χ0n) is 20.0. The molecule has 1 atom stereocenters. The third kappa shape index (κ3) is 4.67. The van der Waals surface area contributed by atoms with Gasteiger partial charge in [0, 0.05) is 31.1 Å². The summed E-state index contributed by atoms with van der Waals surface area (Å²) in [6, 6.07) is 21.3. The van der Waals surface area contributed by atoms with Crippen LogP contribution in [0.4, 0.5) is 0 Å². The number of carbonyl (C=O) groups excluding carboxylic acids is 2. The van der Waals surface area contributed by atoms with E-state index in [-0.39, 0.29) is 17.9 Å². The summed E-state index contributed by atoms with van der Waals surface area (Å²) in [5, 5.41) is 0.890. The van der Waals surface area contributed by atoms with Crippen LogP contribution in [0.3, 0.4) is 0 Å². The molecule has 1 fully saturated rings. The third-order valence-corrected chi connectivity index (χ3v) is 6.63. The number of ether oxygens (including phenoxy) is 1. The number of hydrogen-bond acceptors (Lipinski definition) is 4. The van der Waals surface area contributed by atoms with Gasteiger partial charge in [-0.15, -0.1) is 0 Å². The molecule has 1 saturated heterocycles. The third-order valence-electron chi connectivity index (χ3n) is 6.63. The molecule has 0 N–H and O–H groups in total. The first-order chi connectivity index (χ1) is 17.0. The zero-order chi connectivity index (χ0) is 24.4. The Morgan fingerprint density at radius 1 is 1.00 bits per heavy atom. The predicted molar refractivity (Wildman–Crippen MR) is 134 cm³/mol. The summed E-state index contributed by atoms with van der Waals surface area (Å²) in [5.41, 5.74) is 3.26. The second-order valence-corrected chi connectivity index (χ2v) is 9.00. The van der Waals surface area contributed by atoms with E-state index in [1.54, 1.807) is 13.4 Å². The molecule has 5 rings (SSSR count). The highest BCUT2D eigenvalue weighted by atomic mass is 16.5. The number of nitrogens with zero attached hydrogens (tertiary/aromatic N) is 3. The minimum absolute atomic E-state index is 0.0543. The number of aromatic nitrogens is 1. The van der Waals surface area contributed by atoms with E-state index in [0.29, 0.717) is 44.0 Å². The molecule has 0 aliphatic carbocycles. The monoisotopic (exact) mass is 471 g/mol. The maximum absolute atomic E-state index is 13.6. The van der Waals surface area contributed by atoms with Crippen LogP contribution >= 0.6 is 0 Å². The van der Waals surface area contributed by atoms with E-state index in [1.807, 2.05) is 88.0 Å². The van der Waals surface area contributed by atoms with Crippen molar-refractivity contribution >= 4 is 22.9 Å². The van der Waals surface area contributed by atoms with Gasteiger partial charge in [0.1, 0.15) is 11.4 Å². The first-order valence-corrected chi connectivity index (χ1v) is 11.9. The lowest BCUT2D eigenvalue weighted by atomic mass is 10.1. The van der Waals surface area contributed by atoms with Crippen molar-refractivity contribution in [2.45, 2.75) is 25.9 Å². The quantitative estimate of drug-likeness (QED) is 0.423. The highest BCUT2D eigenvalue weighted by Crippen LogP contribution is 2.25. The average molecular weight is 472 g/mol. The fourth-order valence-electron chi connectivity index (χ4n) is 4.81. The lowest BCUT2D eigenvalue weighted by Gasteiger charge is -2.40. The van der Waals surface area contributed by atoms with Gasteiger partial charge in [-0.05, 0) is 42.3 Å². The smallest absolute Gasteiger partial charge is 0.270 e. The summed E-state index contributed by atoms with van der Waals surface area (Å²) in [5.74, 6) is 0.805. The minimum Gasteiger partial charge on any atom is -0.497 e. The molecule has 1 aliphatic heterocycles. The van der Waals surface area contributed by atoms with Crippen LogP contribution < -0.4 is 4.74 Å². The van der Waals surface area contributed by atoms with E-state index >= 15 is 0 Å². The van der Waals surface area contributed by atoms with Gasteiger partial charge in [0.15, 0.2) is 0 Å². The Bertz CT molecular complexity index is 1340. The fourth-order valence-corrected chi connectivity index (χ4v) is 4.81. The van der Waals surface area contributed by atoms with Crippen LogP contribution in [0.15, 0.2) is 77.4 Å². The lowest BCUT2D eigenvalue weighted by molar-refractivity contribution is -0.134. The van der Waals surface area contributed by atoms with Crippen LogP contribution in [-0.4, -0.2) is 59.0 Å². The molecule has 2 aromatic carbocycles. The van der Waals surface area contributed by atoms with Crippen LogP contribution in [0.5, 0.6) is 5.75 Å². The van der Waals surface area contributed by atoms with E-state index in [9.17, 15) is 9.59 Å². The van der Waals surface area contributed by atoms with Gasteiger partial charge in [0.2, 0.25) is 11.6 Å². The molecule has 0 radical (unpaired) electrons. The van der Waals surface area contributed by atoms with Crippen molar-refractivity contribution in [3.8, 4) is 5.75 Å². The summed E-state index contributed by atoms with van der Waals surface area (Å²) in [7, 11) is 1.64. The maximum atomic E-state index is 13.6. The SMILES string of the molecule is COc1cccc(Cn2c(C(=O)N3CCN(C(=O)Cc4ccccc4)C(C)C3)cc3ccoc32)c1. The molecule has 0 spiro atoms. The molecule has 1 aliphatic rings. The summed E-state index contributed by atoms with van der Waals surface area (Å²) in [6.07, 6.45) is 2.01. The number of fused-ring (bicyclic) bond motifs is 1. The van der Waals surface area contributed by atoms with Crippen molar-refractivity contribution in [1.29, 1.82) is 0 Å². The molecule has 3 heterocycles. The molecule has 0 bridgehead atoms. The zero-order valence-corrected chi connectivity index (χ0v) is 20.0. The minimum atomic E-state index is -0.0614. The van der Waals surface area contributed by atoms with Crippen molar-refractivity contribution in [3.05, 3.63) is 89.8 Å². The first kappa shape index (κ1) is 22.8. The van der Waals surface area contributed by atoms with E-state index in [1.165, 1.54) is 0 Å². The Morgan fingerprint density at radius 3 is 2.57 bits per heavy atom. The van der Waals surface area contributed by atoms with Gasteiger partial charge in [-0.25, -0.2) is 0 Å². The van der Waals surface area contributed by atoms with Crippen LogP contribution in [0.2, 0.25) is 0 Å². The predicted octanol–water partition coefficient (Wildman–Crippen LogP) is 4.21. The highest BCUT2D eigenvalue weighted by Gasteiger charge is 2.32. The Labute approximate surface area is 204 Å². The van der Waals surface area contributed by atoms with Gasteiger partial charge in [-0.2, -0.15) is 0 Å². The summed E-state index contributed by atoms with van der Waals surface area (Å²) < 4.78 is 13.0. The molecule has 180 valence electrons. The maximum Gasteiger partial charge on any atom is 0.270 e. The van der Waals surface area contributed by atoms with E-state index in [0.717, 1.165) is 22.3 Å². The first-order valence-electron chi connectivity index (χ1n) is 11.9. The molecular weight excluding hydrogens is 442 g/mol. The largest absolute Gasteiger partial charge is 0.497 e. The van der Waals surface area contributed by atoms with Crippen molar-refractivity contribution in [3.63, 3.8) is 0 Å². The van der Waals surface area contributed by atoms with Gasteiger partial charge in [0.05, 0.1) is 26.3 Å². The van der Waals surface area contributed by atoms with Crippen molar-refractivity contribution in [1.82, 2.24) is 14.4 Å². The number of piperazine rings is 1. The molecule has 4 aromatic rings. The number of methoxy groups -OCH3 is 1. The number of furan rings is 1. The fraction of sp³-hybridized carbons (Fsp3) is 0.286. The number of carbonyl (C=O) groups is 2. The Hall–Kier alpha value is -4.00. The van der Waals surface area contributed by atoms with Gasteiger partial charge >= 0.3 is 0 Å². The van der Waals surface area contributed by atoms with Crippen LogP contribution in [0.25, 0.3) is 11.1 Å². The second-order valence-electron chi connectivity index (χ2n) is 9.00. The van der Waals surface area contributed by atoms with Crippen LogP contribution in [0, 0.1) is 0 Å². The topological polar surface area (TPSA) is 67.9 Å². The summed E-state index contributed by atoms with van der Waals surface area (Å²) in [6.45, 7) is 4.00. The summed E-state index contributed by atoms with van der Waals surface area (Å²) >= 11 is 0. The molecule has 2 aromatic heterocycles. The molecule has 2 amide bonds. The molecule has 0 saturated carbocycles. The molecular formula is C28H29N3O4. The Morgan fingerprint density at radius 2 is 1.80 bits per heavy atom. The Balaban J connectivity index is 1.33. The number of hydrogen-bond donors (Lipinski definition) is 0. The molecule has 1 unspecified atom stereocenters. The standard InChI is InChI=1S/C28H29N3O4/c1-20-18-29(12-13-30(20)26(32)16-21-7-4-3-5-8-21)27(33)25-17-23-11-14-35-28(23)31(25)19-22-9-6-10-24(15-22)34-2/h3-11,14-15,17,20H,12-13,16,18-19H2,1-2H3. The summed E-state index contributed by atoms with van der Waals surface area (Å²) in [4.78, 5) is 30.3. The number of amides is 2. The Kier molecular flexibility index (Phi) is 6.31. The van der Waals surface area contributed by atoms with E-state index in [4.69, 9.17) is 9.15 Å². The molecule has 7 nitrogen and oxygen atoms in total.